The van der Waals surface area contributed by atoms with Crippen LogP contribution in [-0.4, -0.2) is 4.92 Å². The van der Waals surface area contributed by atoms with E-state index >= 15 is 0 Å². The summed E-state index contributed by atoms with van der Waals surface area (Å²) >= 11 is 0. The van der Waals surface area contributed by atoms with Crippen LogP contribution >= 0.6 is 0 Å². The molecule has 0 aliphatic carbocycles. The van der Waals surface area contributed by atoms with E-state index in [1.807, 2.05) is 0 Å². The normalized spacial score (nSPS) is 11.4. The lowest BCUT2D eigenvalue weighted by Crippen LogP contribution is -2.10. The van der Waals surface area contributed by atoms with E-state index in [1.54, 1.807) is 0 Å². The van der Waals surface area contributed by atoms with Crippen molar-refractivity contribution in [3.8, 4) is 0 Å². The largest absolute Gasteiger partial charge is 0.423 e. The molecule has 0 spiro atoms. The predicted molar refractivity (Wildman–Crippen MR) is 42.8 cm³/mol. The highest BCUT2D eigenvalue weighted by atomic mass is 19.4. The van der Waals surface area contributed by atoms with Crippen LogP contribution in [0.2, 0.25) is 0 Å². The molecule has 0 aromatic heterocycles. The average Bonchev–Trinajstić information content (AvgIpc) is 2.01. The summed E-state index contributed by atoms with van der Waals surface area (Å²) in [4.78, 5) is 9.29. The van der Waals surface area contributed by atoms with Crippen molar-refractivity contribution in [3.05, 3.63) is 39.4 Å². The highest BCUT2D eigenvalue weighted by Gasteiger charge is 2.39. The first kappa shape index (κ1) is 10.5. The summed E-state index contributed by atoms with van der Waals surface area (Å²) < 4.78 is 37.1. The van der Waals surface area contributed by atoms with Gasteiger partial charge in [0.2, 0.25) is 0 Å². The van der Waals surface area contributed by atoms with Gasteiger partial charge in [0.15, 0.2) is 0 Å². The molecule has 1 aromatic carbocycles. The molecule has 0 amide bonds. The quantitative estimate of drug-likeness (QED) is 0.522. The van der Waals surface area contributed by atoms with Crippen LogP contribution in [0.1, 0.15) is 11.1 Å². The van der Waals surface area contributed by atoms with Gasteiger partial charge in [-0.25, -0.2) is 0 Å². The molecule has 0 heterocycles. The van der Waals surface area contributed by atoms with Crippen molar-refractivity contribution in [2.45, 2.75) is 13.1 Å². The Morgan fingerprint density at radius 1 is 1.36 bits per heavy atom. The van der Waals surface area contributed by atoms with Gasteiger partial charge in [-0.2, -0.15) is 13.2 Å². The number of nitrogens with zero attached hydrogens (tertiary/aromatic N) is 1. The third-order valence-corrected chi connectivity index (χ3v) is 1.73. The second kappa shape index (κ2) is 3.28. The van der Waals surface area contributed by atoms with Gasteiger partial charge in [0.1, 0.15) is 5.56 Å². The molecule has 0 atom stereocenters. The topological polar surface area (TPSA) is 43.1 Å². The lowest BCUT2D eigenvalue weighted by molar-refractivity contribution is -0.388. The van der Waals surface area contributed by atoms with Crippen LogP contribution in [0.3, 0.4) is 0 Å². The minimum atomic E-state index is -4.69. The second-order valence-corrected chi connectivity index (χ2v) is 2.72. The summed E-state index contributed by atoms with van der Waals surface area (Å²) in [7, 11) is 0. The smallest absolute Gasteiger partial charge is 0.258 e. The zero-order chi connectivity index (χ0) is 10.9. The van der Waals surface area contributed by atoms with Gasteiger partial charge >= 0.3 is 6.18 Å². The number of aryl methyl sites for hydroxylation is 1. The first-order valence-corrected chi connectivity index (χ1v) is 3.65. The fraction of sp³-hybridized carbons (Fsp3) is 0.250. The number of hydrogen-bond donors (Lipinski definition) is 0. The fourth-order valence-corrected chi connectivity index (χ4v) is 1.17. The first-order chi connectivity index (χ1) is 6.34. The van der Waals surface area contributed by atoms with Crippen molar-refractivity contribution in [1.82, 2.24) is 0 Å². The Hall–Kier alpha value is -1.59. The lowest BCUT2D eigenvalue weighted by atomic mass is 10.1. The summed E-state index contributed by atoms with van der Waals surface area (Å²) in [6.07, 6.45) is -4.69. The zero-order valence-electron chi connectivity index (χ0n) is 7.13. The Morgan fingerprint density at radius 2 is 1.93 bits per heavy atom. The molecule has 0 aliphatic heterocycles. The molecular weight excluding hydrogens is 199 g/mol. The van der Waals surface area contributed by atoms with Crippen LogP contribution in [0.25, 0.3) is 0 Å². The van der Waals surface area contributed by atoms with Gasteiger partial charge in [0.05, 0.1) is 4.92 Å². The lowest BCUT2D eigenvalue weighted by Gasteiger charge is -2.09. The van der Waals surface area contributed by atoms with Crippen LogP contribution in [0.15, 0.2) is 18.2 Å². The maximum absolute atomic E-state index is 12.4. The van der Waals surface area contributed by atoms with E-state index in [4.69, 9.17) is 0 Å². The summed E-state index contributed by atoms with van der Waals surface area (Å²) in [5.41, 5.74) is -2.23. The van der Waals surface area contributed by atoms with Gasteiger partial charge in [-0.3, -0.25) is 10.1 Å². The summed E-state index contributed by atoms with van der Waals surface area (Å²) in [5.74, 6) is 0. The Bertz CT molecular complexity index is 373. The predicted octanol–water partition coefficient (Wildman–Crippen LogP) is 2.92. The van der Waals surface area contributed by atoms with E-state index in [2.05, 4.69) is 0 Å². The summed E-state index contributed by atoms with van der Waals surface area (Å²) in [6.45, 7) is 1.19. The number of benzene rings is 1. The SMILES string of the molecule is Cc1cccc([N+](=O)[O-])c1C(F)(F)F. The number of halogens is 3. The standard InChI is InChI=1S/C8H6F3NO2/c1-5-3-2-4-6(12(13)14)7(5)8(9,10)11/h2-4H,1H3. The van der Waals surface area contributed by atoms with Gasteiger partial charge < -0.3 is 0 Å². The minimum Gasteiger partial charge on any atom is -0.258 e. The van der Waals surface area contributed by atoms with Crippen LogP contribution in [0.4, 0.5) is 18.9 Å². The third kappa shape index (κ3) is 1.84. The third-order valence-electron chi connectivity index (χ3n) is 1.73. The molecule has 0 bridgehead atoms. The Kier molecular flexibility index (Phi) is 2.46. The molecule has 3 nitrogen and oxygen atoms in total. The van der Waals surface area contributed by atoms with Gasteiger partial charge in [0.25, 0.3) is 5.69 Å². The molecule has 1 aromatic rings. The van der Waals surface area contributed by atoms with E-state index in [-0.39, 0.29) is 5.56 Å². The molecule has 14 heavy (non-hydrogen) atoms. The molecule has 0 N–H and O–H groups in total. The van der Waals surface area contributed by atoms with E-state index < -0.39 is 22.4 Å². The van der Waals surface area contributed by atoms with Crippen molar-refractivity contribution in [3.63, 3.8) is 0 Å². The molecule has 76 valence electrons. The summed E-state index contributed by atoms with van der Waals surface area (Å²) in [6, 6.07) is 3.26. The van der Waals surface area contributed by atoms with Crippen LogP contribution in [0.5, 0.6) is 0 Å². The summed E-state index contributed by atoms with van der Waals surface area (Å²) in [5, 5.41) is 10.3. The Morgan fingerprint density at radius 3 is 2.29 bits per heavy atom. The van der Waals surface area contributed by atoms with E-state index in [0.29, 0.717) is 0 Å². The van der Waals surface area contributed by atoms with Crippen LogP contribution < -0.4 is 0 Å². The molecule has 1 rings (SSSR count). The van der Waals surface area contributed by atoms with Gasteiger partial charge in [-0.1, -0.05) is 12.1 Å². The van der Waals surface area contributed by atoms with Crippen molar-refractivity contribution in [1.29, 1.82) is 0 Å². The zero-order valence-corrected chi connectivity index (χ0v) is 7.13. The van der Waals surface area contributed by atoms with Crippen LogP contribution in [-0.2, 0) is 6.18 Å². The monoisotopic (exact) mass is 205 g/mol. The molecule has 0 fully saturated rings. The molecule has 0 saturated heterocycles. The average molecular weight is 205 g/mol. The van der Waals surface area contributed by atoms with Gasteiger partial charge in [-0.15, -0.1) is 0 Å². The number of alkyl halides is 3. The number of nitro groups is 1. The molecule has 0 unspecified atom stereocenters. The van der Waals surface area contributed by atoms with Crippen LogP contribution in [0, 0.1) is 17.0 Å². The van der Waals surface area contributed by atoms with Crippen molar-refractivity contribution < 1.29 is 18.1 Å². The molecule has 0 radical (unpaired) electrons. The molecular formula is C8H6F3NO2. The second-order valence-electron chi connectivity index (χ2n) is 2.72. The van der Waals surface area contributed by atoms with E-state index in [0.717, 1.165) is 6.07 Å². The maximum atomic E-state index is 12.4. The van der Waals surface area contributed by atoms with Crippen molar-refractivity contribution in [2.24, 2.45) is 0 Å². The van der Waals surface area contributed by atoms with Crippen molar-refractivity contribution in [2.75, 3.05) is 0 Å². The van der Waals surface area contributed by atoms with Crippen molar-refractivity contribution >= 4 is 5.69 Å². The number of hydrogen-bond acceptors (Lipinski definition) is 2. The Balaban J connectivity index is 3.45. The van der Waals surface area contributed by atoms with Gasteiger partial charge in [0, 0.05) is 6.07 Å². The molecule has 0 aliphatic rings. The molecule has 0 saturated carbocycles. The number of rotatable bonds is 1. The fourth-order valence-electron chi connectivity index (χ4n) is 1.17. The maximum Gasteiger partial charge on any atom is 0.423 e. The highest BCUT2D eigenvalue weighted by molar-refractivity contribution is 5.46. The number of nitro benzene ring substituents is 1. The minimum absolute atomic E-state index is 0.147. The highest BCUT2D eigenvalue weighted by Crippen LogP contribution is 2.37. The Labute approximate surface area is 77.3 Å². The molecule has 6 heteroatoms. The van der Waals surface area contributed by atoms with Gasteiger partial charge in [-0.05, 0) is 12.5 Å². The first-order valence-electron chi connectivity index (χ1n) is 3.65. The van der Waals surface area contributed by atoms with E-state index in [1.165, 1.54) is 19.1 Å². The van der Waals surface area contributed by atoms with E-state index in [9.17, 15) is 23.3 Å².